The summed E-state index contributed by atoms with van der Waals surface area (Å²) < 4.78 is 0. The van der Waals surface area contributed by atoms with Gasteiger partial charge in [0.05, 0.1) is 5.54 Å². The fraction of sp³-hybridized carbons (Fsp3) is 0.727. The third-order valence-corrected chi connectivity index (χ3v) is 4.37. The lowest BCUT2D eigenvalue weighted by Gasteiger charge is -2.41. The molecule has 1 aliphatic rings. The van der Waals surface area contributed by atoms with Gasteiger partial charge in [0.1, 0.15) is 5.01 Å². The Kier molecular flexibility index (Phi) is 3.09. The normalized spacial score (nSPS) is 20.7. The van der Waals surface area contributed by atoms with Gasteiger partial charge in [-0.25, -0.2) is 4.98 Å². The fourth-order valence-electron chi connectivity index (χ4n) is 2.12. The number of nitrogens with two attached hydrogens (primary N) is 1. The van der Waals surface area contributed by atoms with Gasteiger partial charge in [-0.3, -0.25) is 4.90 Å². The molecule has 2 rings (SSSR count). The van der Waals surface area contributed by atoms with Gasteiger partial charge >= 0.3 is 0 Å². The second kappa shape index (κ2) is 4.20. The van der Waals surface area contributed by atoms with Crippen LogP contribution < -0.4 is 5.73 Å². The maximum atomic E-state index is 5.92. The molecule has 0 bridgehead atoms. The Morgan fingerprint density at radius 2 is 2.13 bits per heavy atom. The first-order valence-corrected chi connectivity index (χ1v) is 6.39. The van der Waals surface area contributed by atoms with Crippen LogP contribution in [0.2, 0.25) is 0 Å². The number of thiazole rings is 1. The van der Waals surface area contributed by atoms with Gasteiger partial charge in [-0.15, -0.1) is 11.3 Å². The minimum atomic E-state index is 0.0638. The summed E-state index contributed by atoms with van der Waals surface area (Å²) in [5.41, 5.74) is 5.98. The molecular formula is C11H19N3S. The molecule has 2 N–H and O–H groups in total. The summed E-state index contributed by atoms with van der Waals surface area (Å²) in [6.07, 6.45) is 4.10. The molecule has 15 heavy (non-hydrogen) atoms. The van der Waals surface area contributed by atoms with Crippen molar-refractivity contribution < 1.29 is 0 Å². The Balaban J connectivity index is 2.09. The van der Waals surface area contributed by atoms with Crippen molar-refractivity contribution in [3.05, 3.63) is 16.6 Å². The number of likely N-dealkylation sites (tertiary alicyclic amines) is 1. The lowest BCUT2D eigenvalue weighted by Crippen LogP contribution is -2.48. The first-order chi connectivity index (χ1) is 7.10. The van der Waals surface area contributed by atoms with Gasteiger partial charge in [-0.1, -0.05) is 0 Å². The van der Waals surface area contributed by atoms with Crippen LogP contribution in [0.15, 0.2) is 11.6 Å². The van der Waals surface area contributed by atoms with E-state index in [1.165, 1.54) is 5.01 Å². The first kappa shape index (κ1) is 11.0. The second-order valence-electron chi connectivity index (χ2n) is 4.72. The molecule has 0 amide bonds. The van der Waals surface area contributed by atoms with Crippen molar-refractivity contribution in [2.24, 2.45) is 5.73 Å². The lowest BCUT2D eigenvalue weighted by molar-refractivity contribution is 0.0872. The van der Waals surface area contributed by atoms with E-state index in [0.717, 1.165) is 25.9 Å². The van der Waals surface area contributed by atoms with E-state index in [0.29, 0.717) is 6.04 Å². The zero-order valence-corrected chi connectivity index (χ0v) is 10.3. The molecule has 1 saturated heterocycles. The molecule has 1 fully saturated rings. The van der Waals surface area contributed by atoms with Crippen molar-refractivity contribution >= 4 is 11.3 Å². The molecule has 1 aliphatic heterocycles. The van der Waals surface area contributed by atoms with Crippen molar-refractivity contribution in [3.63, 3.8) is 0 Å². The van der Waals surface area contributed by atoms with Crippen LogP contribution in [0, 0.1) is 0 Å². The van der Waals surface area contributed by atoms with Crippen LogP contribution in [0.3, 0.4) is 0 Å². The third-order valence-electron chi connectivity index (χ3n) is 3.29. The predicted octanol–water partition coefficient (Wildman–Crippen LogP) is 1.80. The molecular weight excluding hydrogens is 206 g/mol. The Morgan fingerprint density at radius 3 is 2.67 bits per heavy atom. The quantitative estimate of drug-likeness (QED) is 0.834. The molecule has 0 aliphatic carbocycles. The topological polar surface area (TPSA) is 42.2 Å². The highest BCUT2D eigenvalue weighted by atomic mass is 32.1. The van der Waals surface area contributed by atoms with E-state index in [9.17, 15) is 0 Å². The van der Waals surface area contributed by atoms with E-state index in [1.807, 2.05) is 11.6 Å². The van der Waals surface area contributed by atoms with Gasteiger partial charge in [-0.05, 0) is 26.7 Å². The summed E-state index contributed by atoms with van der Waals surface area (Å²) in [5.74, 6) is 0. The van der Waals surface area contributed by atoms with Gasteiger partial charge in [-0.2, -0.15) is 0 Å². The average molecular weight is 225 g/mol. The lowest BCUT2D eigenvalue weighted by atomic mass is 9.97. The molecule has 0 aromatic carbocycles. The summed E-state index contributed by atoms with van der Waals surface area (Å²) in [6, 6.07) is 0.397. The zero-order valence-electron chi connectivity index (χ0n) is 9.44. The largest absolute Gasteiger partial charge is 0.328 e. The number of hydrogen-bond donors (Lipinski definition) is 1. The molecule has 0 atom stereocenters. The summed E-state index contributed by atoms with van der Waals surface area (Å²) in [4.78, 5) is 6.92. The summed E-state index contributed by atoms with van der Waals surface area (Å²) in [5, 5.41) is 3.25. The van der Waals surface area contributed by atoms with E-state index in [4.69, 9.17) is 5.73 Å². The van der Waals surface area contributed by atoms with Crippen LogP contribution in [0.5, 0.6) is 0 Å². The van der Waals surface area contributed by atoms with Crippen molar-refractivity contribution in [2.45, 2.75) is 38.3 Å². The SMILES string of the molecule is CC(C)(c1nccs1)N1CCC(N)CC1. The second-order valence-corrected chi connectivity index (χ2v) is 5.62. The van der Waals surface area contributed by atoms with Crippen molar-refractivity contribution in [1.29, 1.82) is 0 Å². The summed E-state index contributed by atoms with van der Waals surface area (Å²) in [7, 11) is 0. The Labute approximate surface area is 95.3 Å². The Bertz CT molecular complexity index is 300. The number of nitrogens with zero attached hydrogens (tertiary/aromatic N) is 2. The highest BCUT2D eigenvalue weighted by Gasteiger charge is 2.33. The maximum Gasteiger partial charge on any atom is 0.112 e. The minimum Gasteiger partial charge on any atom is -0.328 e. The molecule has 0 unspecified atom stereocenters. The van der Waals surface area contributed by atoms with Gasteiger partial charge < -0.3 is 5.73 Å². The van der Waals surface area contributed by atoms with Gasteiger partial charge in [0, 0.05) is 30.7 Å². The van der Waals surface area contributed by atoms with E-state index >= 15 is 0 Å². The van der Waals surface area contributed by atoms with Gasteiger partial charge in [0.25, 0.3) is 0 Å². The van der Waals surface area contributed by atoms with Crippen LogP contribution in [0.25, 0.3) is 0 Å². The molecule has 0 spiro atoms. The third kappa shape index (κ3) is 2.22. The molecule has 84 valence electrons. The Morgan fingerprint density at radius 1 is 1.47 bits per heavy atom. The number of aromatic nitrogens is 1. The van der Waals surface area contributed by atoms with E-state index < -0.39 is 0 Å². The standard InChI is InChI=1S/C11H19N3S/c1-11(2,10-13-5-8-15-10)14-6-3-9(12)4-7-14/h5,8-9H,3-4,6-7,12H2,1-2H3. The molecule has 2 heterocycles. The van der Waals surface area contributed by atoms with E-state index in [2.05, 4.69) is 23.7 Å². The smallest absolute Gasteiger partial charge is 0.112 e. The maximum absolute atomic E-state index is 5.92. The average Bonchev–Trinajstić information content (AvgIpc) is 2.71. The molecule has 0 radical (unpaired) electrons. The summed E-state index contributed by atoms with van der Waals surface area (Å²) >= 11 is 1.74. The van der Waals surface area contributed by atoms with Crippen LogP contribution in [-0.4, -0.2) is 29.0 Å². The summed E-state index contributed by atoms with van der Waals surface area (Å²) in [6.45, 7) is 6.69. The number of piperidine rings is 1. The molecule has 3 nitrogen and oxygen atoms in total. The van der Waals surface area contributed by atoms with Gasteiger partial charge in [0.2, 0.25) is 0 Å². The van der Waals surface area contributed by atoms with Crippen LogP contribution >= 0.6 is 11.3 Å². The minimum absolute atomic E-state index is 0.0638. The number of rotatable bonds is 2. The molecule has 4 heteroatoms. The van der Waals surface area contributed by atoms with E-state index in [-0.39, 0.29) is 5.54 Å². The van der Waals surface area contributed by atoms with E-state index in [1.54, 1.807) is 11.3 Å². The number of hydrogen-bond acceptors (Lipinski definition) is 4. The van der Waals surface area contributed by atoms with Crippen LogP contribution in [0.4, 0.5) is 0 Å². The Hall–Kier alpha value is -0.450. The fourth-order valence-corrected chi connectivity index (χ4v) is 2.91. The zero-order chi connectivity index (χ0) is 10.9. The predicted molar refractivity (Wildman–Crippen MR) is 63.9 cm³/mol. The van der Waals surface area contributed by atoms with Crippen LogP contribution in [-0.2, 0) is 5.54 Å². The van der Waals surface area contributed by atoms with Crippen LogP contribution in [0.1, 0.15) is 31.7 Å². The molecule has 0 saturated carbocycles. The first-order valence-electron chi connectivity index (χ1n) is 5.51. The molecule has 1 aromatic rings. The highest BCUT2D eigenvalue weighted by Crippen LogP contribution is 2.31. The van der Waals surface area contributed by atoms with Gasteiger partial charge in [0.15, 0.2) is 0 Å². The van der Waals surface area contributed by atoms with Crippen molar-refractivity contribution in [1.82, 2.24) is 9.88 Å². The van der Waals surface area contributed by atoms with Crippen molar-refractivity contribution in [2.75, 3.05) is 13.1 Å². The highest BCUT2D eigenvalue weighted by molar-refractivity contribution is 7.09. The molecule has 1 aromatic heterocycles. The van der Waals surface area contributed by atoms with Crippen molar-refractivity contribution in [3.8, 4) is 0 Å². The monoisotopic (exact) mass is 225 g/mol.